The molecule has 1 aromatic carbocycles. The molecule has 0 amide bonds. The molecule has 0 aliphatic heterocycles. The summed E-state index contributed by atoms with van der Waals surface area (Å²) in [7, 11) is -2.82. The largest absolute Gasteiger partial charge is 0.467 e. The Bertz CT molecular complexity index is 548. The minimum atomic E-state index is -4.01. The van der Waals surface area contributed by atoms with Crippen LogP contribution in [0.15, 0.2) is 35.2 Å². The van der Waals surface area contributed by atoms with Crippen molar-refractivity contribution in [3.8, 4) is 0 Å². The highest BCUT2D eigenvalue weighted by Gasteiger charge is 2.32. The molecule has 1 rings (SSSR count). The van der Waals surface area contributed by atoms with Gasteiger partial charge in [-0.05, 0) is 26.0 Å². The second kappa shape index (κ2) is 6.69. The van der Waals surface area contributed by atoms with E-state index in [0.29, 0.717) is 0 Å². The molecule has 0 radical (unpaired) electrons. The fourth-order valence-corrected chi connectivity index (χ4v) is 2.87. The van der Waals surface area contributed by atoms with Gasteiger partial charge < -0.3 is 4.74 Å². The highest BCUT2D eigenvalue weighted by molar-refractivity contribution is 9.10. The second-order valence-corrected chi connectivity index (χ2v) is 8.52. The predicted octanol–water partition coefficient (Wildman–Crippen LogP) is 2.50. The summed E-state index contributed by atoms with van der Waals surface area (Å²) >= 11 is 3.36. The summed E-state index contributed by atoms with van der Waals surface area (Å²) in [6, 6.07) is 7.67. The van der Waals surface area contributed by atoms with Crippen molar-refractivity contribution in [2.75, 3.05) is 7.11 Å². The molecule has 0 bridgehead atoms. The first kappa shape index (κ1) is 17.1. The standard InChI is InChI=1S/C13H17BrO5S/c1-13(2,14)9-11(12(15)18-3)19-20(16,17)10-7-5-4-6-8-10/h4-8,11H,9H2,1-3H3. The van der Waals surface area contributed by atoms with Crippen molar-refractivity contribution in [1.82, 2.24) is 0 Å². The molecule has 0 aromatic heterocycles. The van der Waals surface area contributed by atoms with Gasteiger partial charge >= 0.3 is 5.97 Å². The van der Waals surface area contributed by atoms with Crippen LogP contribution in [0, 0.1) is 0 Å². The first-order valence-corrected chi connectivity index (χ1v) is 8.11. The van der Waals surface area contributed by atoms with Gasteiger partial charge in [0.05, 0.1) is 12.0 Å². The zero-order valence-corrected chi connectivity index (χ0v) is 13.9. The number of hydrogen-bond donors (Lipinski definition) is 0. The topological polar surface area (TPSA) is 69.7 Å². The Morgan fingerprint density at radius 2 is 1.85 bits per heavy atom. The Balaban J connectivity index is 2.98. The van der Waals surface area contributed by atoms with E-state index < -0.39 is 26.5 Å². The SMILES string of the molecule is COC(=O)C(CC(C)(C)Br)OS(=O)(=O)c1ccccc1. The van der Waals surface area contributed by atoms with Crippen molar-refractivity contribution in [3.05, 3.63) is 30.3 Å². The minimum absolute atomic E-state index is 0.00119. The van der Waals surface area contributed by atoms with Gasteiger partial charge in [0.2, 0.25) is 0 Å². The molecule has 0 spiro atoms. The lowest BCUT2D eigenvalue weighted by Gasteiger charge is -2.22. The highest BCUT2D eigenvalue weighted by atomic mass is 79.9. The molecule has 5 nitrogen and oxygen atoms in total. The van der Waals surface area contributed by atoms with Gasteiger partial charge in [0, 0.05) is 10.7 Å². The summed E-state index contributed by atoms with van der Waals surface area (Å²) in [5, 5.41) is 0. The zero-order chi connectivity index (χ0) is 15.4. The van der Waals surface area contributed by atoms with Gasteiger partial charge in [-0.25, -0.2) is 4.79 Å². The Morgan fingerprint density at radius 3 is 2.30 bits per heavy atom. The minimum Gasteiger partial charge on any atom is -0.467 e. The number of rotatable bonds is 6. The van der Waals surface area contributed by atoms with Gasteiger partial charge in [-0.1, -0.05) is 34.1 Å². The third-order valence-corrected chi connectivity index (χ3v) is 4.07. The van der Waals surface area contributed by atoms with Gasteiger partial charge in [0.15, 0.2) is 6.10 Å². The van der Waals surface area contributed by atoms with Crippen molar-refractivity contribution < 1.29 is 22.1 Å². The molecule has 1 unspecified atom stereocenters. The molecule has 1 atom stereocenters. The third kappa shape index (κ3) is 5.22. The first-order valence-electron chi connectivity index (χ1n) is 5.91. The molecule has 0 fully saturated rings. The second-order valence-electron chi connectivity index (χ2n) is 4.80. The van der Waals surface area contributed by atoms with Gasteiger partial charge in [-0.15, -0.1) is 0 Å². The molecule has 1 aromatic rings. The molecular formula is C13H17BrO5S. The third-order valence-electron chi connectivity index (χ3n) is 2.41. The van der Waals surface area contributed by atoms with E-state index in [-0.39, 0.29) is 11.3 Å². The lowest BCUT2D eigenvalue weighted by atomic mass is 10.1. The normalized spacial score (nSPS) is 13.8. The molecule has 0 saturated heterocycles. The number of methoxy groups -OCH3 is 1. The average Bonchev–Trinajstić information content (AvgIpc) is 2.36. The summed E-state index contributed by atoms with van der Waals surface area (Å²) in [4.78, 5) is 11.7. The van der Waals surface area contributed by atoms with Crippen molar-refractivity contribution in [2.24, 2.45) is 0 Å². The van der Waals surface area contributed by atoms with Crippen molar-refractivity contribution in [3.63, 3.8) is 0 Å². The number of ether oxygens (including phenoxy) is 1. The summed E-state index contributed by atoms with van der Waals surface area (Å²) in [5.74, 6) is -0.725. The molecule has 0 saturated carbocycles. The van der Waals surface area contributed by atoms with Crippen LogP contribution in [-0.4, -0.2) is 31.9 Å². The molecule has 0 aliphatic rings. The number of benzene rings is 1. The van der Waals surface area contributed by atoms with E-state index in [9.17, 15) is 13.2 Å². The first-order chi connectivity index (χ1) is 9.15. The molecule has 0 N–H and O–H groups in total. The van der Waals surface area contributed by atoms with Crippen LogP contribution in [0.3, 0.4) is 0 Å². The quantitative estimate of drug-likeness (QED) is 0.440. The Morgan fingerprint density at radius 1 is 1.30 bits per heavy atom. The number of alkyl halides is 1. The lowest BCUT2D eigenvalue weighted by Crippen LogP contribution is -2.33. The summed E-state index contributed by atoms with van der Waals surface area (Å²) < 4.78 is 33.4. The van der Waals surface area contributed by atoms with Crippen LogP contribution in [0.25, 0.3) is 0 Å². The monoisotopic (exact) mass is 364 g/mol. The molecule has 20 heavy (non-hydrogen) atoms. The van der Waals surface area contributed by atoms with Gasteiger partial charge in [0.1, 0.15) is 0 Å². The smallest absolute Gasteiger partial charge is 0.336 e. The average molecular weight is 365 g/mol. The van der Waals surface area contributed by atoms with Crippen LogP contribution in [0.2, 0.25) is 0 Å². The van der Waals surface area contributed by atoms with Crippen molar-refractivity contribution in [2.45, 2.75) is 35.6 Å². The predicted molar refractivity (Wildman–Crippen MR) is 78.1 cm³/mol. The molecule has 7 heteroatoms. The van der Waals surface area contributed by atoms with Crippen molar-refractivity contribution >= 4 is 32.0 Å². The molecular weight excluding hydrogens is 348 g/mol. The molecule has 0 aliphatic carbocycles. The maximum Gasteiger partial charge on any atom is 0.336 e. The van der Waals surface area contributed by atoms with Gasteiger partial charge in [-0.2, -0.15) is 8.42 Å². The van der Waals surface area contributed by atoms with E-state index in [2.05, 4.69) is 20.7 Å². The van der Waals surface area contributed by atoms with Gasteiger partial charge in [-0.3, -0.25) is 4.18 Å². The van der Waals surface area contributed by atoms with Gasteiger partial charge in [0.25, 0.3) is 10.1 Å². The van der Waals surface area contributed by atoms with E-state index in [0.717, 1.165) is 0 Å². The number of halogens is 1. The van der Waals surface area contributed by atoms with E-state index in [1.54, 1.807) is 32.0 Å². The summed E-state index contributed by atoms with van der Waals surface area (Å²) in [5.41, 5.74) is 0. The van der Waals surface area contributed by atoms with Crippen LogP contribution in [0.1, 0.15) is 20.3 Å². The maximum atomic E-state index is 12.1. The lowest BCUT2D eigenvalue weighted by molar-refractivity contribution is -0.149. The van der Waals surface area contributed by atoms with Crippen LogP contribution < -0.4 is 0 Å². The number of carbonyl (C=O) groups is 1. The fourth-order valence-electron chi connectivity index (χ4n) is 1.52. The van der Waals surface area contributed by atoms with Crippen LogP contribution >= 0.6 is 15.9 Å². The van der Waals surface area contributed by atoms with Crippen LogP contribution in [0.4, 0.5) is 0 Å². The Labute approximate surface area is 127 Å². The van der Waals surface area contributed by atoms with E-state index in [1.165, 1.54) is 19.2 Å². The number of carbonyl (C=O) groups excluding carboxylic acids is 1. The maximum absolute atomic E-state index is 12.1. The fraction of sp³-hybridized carbons (Fsp3) is 0.462. The zero-order valence-electron chi connectivity index (χ0n) is 11.5. The number of esters is 1. The highest BCUT2D eigenvalue weighted by Crippen LogP contribution is 2.26. The molecule has 112 valence electrons. The van der Waals surface area contributed by atoms with E-state index >= 15 is 0 Å². The Hall–Kier alpha value is -0.920. The number of hydrogen-bond acceptors (Lipinski definition) is 5. The Kier molecular flexibility index (Phi) is 5.73. The van der Waals surface area contributed by atoms with Crippen LogP contribution in [0.5, 0.6) is 0 Å². The van der Waals surface area contributed by atoms with Crippen LogP contribution in [-0.2, 0) is 23.8 Å². The summed E-state index contributed by atoms with van der Waals surface area (Å²) in [6.07, 6.45) is -1.04. The van der Waals surface area contributed by atoms with E-state index in [4.69, 9.17) is 4.18 Å². The summed E-state index contributed by atoms with van der Waals surface area (Å²) in [6.45, 7) is 3.61. The molecule has 0 heterocycles. The van der Waals surface area contributed by atoms with Crippen molar-refractivity contribution in [1.29, 1.82) is 0 Å². The van der Waals surface area contributed by atoms with E-state index in [1.807, 2.05) is 0 Å².